The normalized spacial score (nSPS) is 10.2. The van der Waals surface area contributed by atoms with E-state index in [1.54, 1.807) is 14.2 Å². The highest BCUT2D eigenvalue weighted by atomic mass is 16.5. The summed E-state index contributed by atoms with van der Waals surface area (Å²) in [5.74, 6) is 2.09. The summed E-state index contributed by atoms with van der Waals surface area (Å²) >= 11 is 0. The molecule has 0 aliphatic rings. The van der Waals surface area contributed by atoms with E-state index in [9.17, 15) is 0 Å². The van der Waals surface area contributed by atoms with Crippen LogP contribution in [0.3, 0.4) is 0 Å². The fourth-order valence-corrected chi connectivity index (χ4v) is 1.88. The molecule has 2 N–H and O–H groups in total. The molecule has 0 saturated carbocycles. The Kier molecular flexibility index (Phi) is 5.10. The zero-order chi connectivity index (χ0) is 12.8. The third kappa shape index (κ3) is 2.82. The van der Waals surface area contributed by atoms with Gasteiger partial charge in [-0.15, -0.1) is 0 Å². The standard InChI is InChI=1S/C13H21NO3/c1-5-17-13-11(15-3)8-9(2)10(6-7-14)12(13)16-4/h8H,5-7,14H2,1-4H3. The van der Waals surface area contributed by atoms with Crippen LogP contribution in [-0.2, 0) is 6.42 Å². The van der Waals surface area contributed by atoms with Crippen molar-refractivity contribution in [3.05, 3.63) is 17.2 Å². The first-order valence-electron chi connectivity index (χ1n) is 5.76. The Morgan fingerprint density at radius 3 is 2.35 bits per heavy atom. The topological polar surface area (TPSA) is 53.7 Å². The highest BCUT2D eigenvalue weighted by Crippen LogP contribution is 2.42. The highest BCUT2D eigenvalue weighted by Gasteiger charge is 2.18. The number of hydrogen-bond acceptors (Lipinski definition) is 4. The molecule has 4 nitrogen and oxygen atoms in total. The molecule has 0 unspecified atom stereocenters. The number of ether oxygens (including phenoxy) is 3. The van der Waals surface area contributed by atoms with Crippen LogP contribution in [0.5, 0.6) is 17.2 Å². The van der Waals surface area contributed by atoms with Gasteiger partial charge in [-0.1, -0.05) is 0 Å². The van der Waals surface area contributed by atoms with Gasteiger partial charge in [0.1, 0.15) is 0 Å². The monoisotopic (exact) mass is 239 g/mol. The Balaban J connectivity index is 3.36. The van der Waals surface area contributed by atoms with Gasteiger partial charge in [0.05, 0.1) is 20.8 Å². The second-order valence-corrected chi connectivity index (χ2v) is 3.71. The predicted molar refractivity (Wildman–Crippen MR) is 68.2 cm³/mol. The summed E-state index contributed by atoms with van der Waals surface area (Å²) in [4.78, 5) is 0. The maximum absolute atomic E-state index is 5.62. The lowest BCUT2D eigenvalue weighted by atomic mass is 10.0. The van der Waals surface area contributed by atoms with Gasteiger partial charge in [0, 0.05) is 5.56 Å². The van der Waals surface area contributed by atoms with E-state index in [0.717, 1.165) is 23.3 Å². The fourth-order valence-electron chi connectivity index (χ4n) is 1.88. The molecule has 0 aliphatic heterocycles. The SMILES string of the molecule is CCOc1c(OC)cc(C)c(CCN)c1OC. The summed E-state index contributed by atoms with van der Waals surface area (Å²) in [5.41, 5.74) is 7.81. The van der Waals surface area contributed by atoms with Crippen LogP contribution < -0.4 is 19.9 Å². The average Bonchev–Trinajstić information content (AvgIpc) is 2.33. The molecular formula is C13H21NO3. The minimum atomic E-state index is 0.567. The molecule has 0 heterocycles. The molecule has 0 bridgehead atoms. The predicted octanol–water partition coefficient (Wildman–Crippen LogP) is 1.91. The summed E-state index contributed by atoms with van der Waals surface area (Å²) in [7, 11) is 3.26. The summed E-state index contributed by atoms with van der Waals surface area (Å²) in [5, 5.41) is 0. The minimum Gasteiger partial charge on any atom is -0.493 e. The second-order valence-electron chi connectivity index (χ2n) is 3.71. The van der Waals surface area contributed by atoms with Crippen LogP contribution in [0.4, 0.5) is 0 Å². The van der Waals surface area contributed by atoms with Gasteiger partial charge in [0.25, 0.3) is 0 Å². The fraction of sp³-hybridized carbons (Fsp3) is 0.538. The van der Waals surface area contributed by atoms with E-state index >= 15 is 0 Å². The maximum atomic E-state index is 5.62. The van der Waals surface area contributed by atoms with Gasteiger partial charge < -0.3 is 19.9 Å². The van der Waals surface area contributed by atoms with Crippen molar-refractivity contribution >= 4 is 0 Å². The van der Waals surface area contributed by atoms with Crippen LogP contribution in [-0.4, -0.2) is 27.4 Å². The molecule has 1 aromatic rings. The largest absolute Gasteiger partial charge is 0.493 e. The molecule has 0 atom stereocenters. The molecule has 17 heavy (non-hydrogen) atoms. The molecule has 0 amide bonds. The lowest BCUT2D eigenvalue weighted by Crippen LogP contribution is -2.08. The number of rotatable bonds is 6. The van der Waals surface area contributed by atoms with Crippen LogP contribution >= 0.6 is 0 Å². The third-order valence-corrected chi connectivity index (χ3v) is 2.63. The Labute approximate surface area is 103 Å². The van der Waals surface area contributed by atoms with E-state index in [1.807, 2.05) is 19.9 Å². The van der Waals surface area contributed by atoms with Crippen molar-refractivity contribution in [1.29, 1.82) is 0 Å². The summed E-state index contributed by atoms with van der Waals surface area (Å²) in [6, 6.07) is 1.96. The number of nitrogens with two attached hydrogens (primary N) is 1. The van der Waals surface area contributed by atoms with E-state index < -0.39 is 0 Å². The average molecular weight is 239 g/mol. The minimum absolute atomic E-state index is 0.567. The van der Waals surface area contributed by atoms with E-state index in [-0.39, 0.29) is 0 Å². The lowest BCUT2D eigenvalue weighted by Gasteiger charge is -2.18. The van der Waals surface area contributed by atoms with Crippen molar-refractivity contribution < 1.29 is 14.2 Å². The van der Waals surface area contributed by atoms with Crippen molar-refractivity contribution in [3.8, 4) is 17.2 Å². The van der Waals surface area contributed by atoms with Crippen molar-refractivity contribution in [3.63, 3.8) is 0 Å². The molecule has 0 fully saturated rings. The molecule has 0 saturated heterocycles. The highest BCUT2D eigenvalue weighted by molar-refractivity contribution is 5.59. The first-order valence-corrected chi connectivity index (χ1v) is 5.76. The van der Waals surface area contributed by atoms with Crippen LogP contribution in [0.2, 0.25) is 0 Å². The van der Waals surface area contributed by atoms with Gasteiger partial charge in [0.2, 0.25) is 5.75 Å². The smallest absolute Gasteiger partial charge is 0.203 e. The van der Waals surface area contributed by atoms with Crippen LogP contribution in [0.1, 0.15) is 18.1 Å². The van der Waals surface area contributed by atoms with Gasteiger partial charge in [0.15, 0.2) is 11.5 Å². The van der Waals surface area contributed by atoms with Crippen molar-refractivity contribution in [1.82, 2.24) is 0 Å². The molecule has 0 aromatic heterocycles. The lowest BCUT2D eigenvalue weighted by molar-refractivity contribution is 0.286. The molecular weight excluding hydrogens is 218 g/mol. The van der Waals surface area contributed by atoms with Gasteiger partial charge in [-0.05, 0) is 38.4 Å². The Morgan fingerprint density at radius 2 is 1.88 bits per heavy atom. The second kappa shape index (κ2) is 6.35. The van der Waals surface area contributed by atoms with E-state index in [1.165, 1.54) is 0 Å². The maximum Gasteiger partial charge on any atom is 0.203 e. The first kappa shape index (κ1) is 13.6. The molecule has 0 spiro atoms. The molecule has 0 radical (unpaired) electrons. The Bertz CT molecular complexity index is 377. The van der Waals surface area contributed by atoms with Gasteiger partial charge in [-0.3, -0.25) is 0 Å². The summed E-state index contributed by atoms with van der Waals surface area (Å²) in [6.45, 7) is 5.10. The zero-order valence-corrected chi connectivity index (χ0v) is 11.0. The van der Waals surface area contributed by atoms with Gasteiger partial charge >= 0.3 is 0 Å². The van der Waals surface area contributed by atoms with E-state index in [2.05, 4.69) is 0 Å². The van der Waals surface area contributed by atoms with Gasteiger partial charge in [-0.2, -0.15) is 0 Å². The molecule has 1 aromatic carbocycles. The van der Waals surface area contributed by atoms with E-state index in [4.69, 9.17) is 19.9 Å². The summed E-state index contributed by atoms with van der Waals surface area (Å²) in [6.07, 6.45) is 0.763. The molecule has 1 rings (SSSR count). The van der Waals surface area contributed by atoms with Crippen LogP contribution in [0, 0.1) is 6.92 Å². The van der Waals surface area contributed by atoms with Crippen molar-refractivity contribution in [2.45, 2.75) is 20.3 Å². The zero-order valence-electron chi connectivity index (χ0n) is 11.0. The summed E-state index contributed by atoms with van der Waals surface area (Å²) < 4.78 is 16.4. The van der Waals surface area contributed by atoms with E-state index in [0.29, 0.717) is 24.7 Å². The van der Waals surface area contributed by atoms with Gasteiger partial charge in [-0.25, -0.2) is 0 Å². The molecule has 4 heteroatoms. The van der Waals surface area contributed by atoms with Crippen molar-refractivity contribution in [2.75, 3.05) is 27.4 Å². The van der Waals surface area contributed by atoms with Crippen LogP contribution in [0.15, 0.2) is 6.07 Å². The Morgan fingerprint density at radius 1 is 1.18 bits per heavy atom. The number of aryl methyl sites for hydroxylation is 1. The third-order valence-electron chi connectivity index (χ3n) is 2.63. The molecule has 0 aliphatic carbocycles. The Hall–Kier alpha value is -1.42. The first-order chi connectivity index (χ1) is 8.19. The van der Waals surface area contributed by atoms with Crippen LogP contribution in [0.25, 0.3) is 0 Å². The quantitative estimate of drug-likeness (QED) is 0.824. The number of hydrogen-bond donors (Lipinski definition) is 1. The number of methoxy groups -OCH3 is 2. The van der Waals surface area contributed by atoms with Crippen molar-refractivity contribution in [2.24, 2.45) is 5.73 Å². The number of benzene rings is 1. The molecule has 96 valence electrons.